The maximum Gasteiger partial charge on any atom is 0.0927 e. The van der Waals surface area contributed by atoms with E-state index in [1.807, 2.05) is 42.6 Å². The fourth-order valence-corrected chi connectivity index (χ4v) is 1.91. The van der Waals surface area contributed by atoms with E-state index in [0.717, 1.165) is 16.4 Å². The van der Waals surface area contributed by atoms with Gasteiger partial charge in [-0.2, -0.15) is 0 Å². The molecule has 2 nitrogen and oxygen atoms in total. The highest BCUT2D eigenvalue weighted by atomic mass is 32.1. The minimum atomic E-state index is 0.790. The van der Waals surface area contributed by atoms with Crippen LogP contribution in [0.1, 0.15) is 5.56 Å². The van der Waals surface area contributed by atoms with Gasteiger partial charge in [0.1, 0.15) is 0 Å². The summed E-state index contributed by atoms with van der Waals surface area (Å²) in [5.74, 6) is 0. The minimum absolute atomic E-state index is 0.790. The molecule has 0 spiro atoms. The lowest BCUT2D eigenvalue weighted by molar-refractivity contribution is 1.46. The molecular formula is C11H12N2S. The molecule has 14 heavy (non-hydrogen) atoms. The van der Waals surface area contributed by atoms with E-state index in [9.17, 15) is 0 Å². The van der Waals surface area contributed by atoms with Crippen molar-refractivity contribution in [3.05, 3.63) is 41.3 Å². The first kappa shape index (κ1) is 9.09. The van der Waals surface area contributed by atoms with Gasteiger partial charge in [0.05, 0.1) is 16.4 Å². The molecule has 1 aromatic carbocycles. The van der Waals surface area contributed by atoms with Crippen LogP contribution in [0.3, 0.4) is 0 Å². The fraction of sp³-hybridized carbons (Fsp3) is 0.0909. The monoisotopic (exact) mass is 204 g/mol. The molecule has 0 saturated heterocycles. The van der Waals surface area contributed by atoms with Gasteiger partial charge in [-0.3, -0.25) is 0 Å². The highest BCUT2D eigenvalue weighted by Crippen LogP contribution is 2.26. The van der Waals surface area contributed by atoms with Crippen LogP contribution in [0.25, 0.3) is 0 Å². The molecule has 0 unspecified atom stereocenters. The molecule has 0 amide bonds. The zero-order valence-corrected chi connectivity index (χ0v) is 8.77. The number of aryl methyl sites for hydroxylation is 1. The predicted molar refractivity (Wildman–Crippen MR) is 63.2 cm³/mol. The van der Waals surface area contributed by atoms with E-state index >= 15 is 0 Å². The summed E-state index contributed by atoms with van der Waals surface area (Å²) >= 11 is 1.66. The Hall–Kier alpha value is -1.48. The van der Waals surface area contributed by atoms with E-state index in [-0.39, 0.29) is 0 Å². The number of thiophene rings is 1. The Bertz CT molecular complexity index is 421. The predicted octanol–water partition coefficient (Wildman–Crippen LogP) is 3.38. The molecule has 2 rings (SSSR count). The quantitative estimate of drug-likeness (QED) is 0.736. The van der Waals surface area contributed by atoms with Gasteiger partial charge in [-0.1, -0.05) is 6.07 Å². The molecule has 1 heterocycles. The Kier molecular flexibility index (Phi) is 2.41. The van der Waals surface area contributed by atoms with Crippen molar-refractivity contribution in [2.45, 2.75) is 6.92 Å². The summed E-state index contributed by atoms with van der Waals surface area (Å²) in [5.41, 5.74) is 8.82. The highest BCUT2D eigenvalue weighted by Gasteiger charge is 1.99. The van der Waals surface area contributed by atoms with Crippen LogP contribution < -0.4 is 11.1 Å². The Balaban J connectivity index is 2.25. The normalized spacial score (nSPS) is 10.1. The van der Waals surface area contributed by atoms with Crippen LogP contribution >= 0.6 is 11.3 Å². The molecule has 3 heteroatoms. The Morgan fingerprint density at radius 1 is 1.29 bits per heavy atom. The van der Waals surface area contributed by atoms with Crippen molar-refractivity contribution < 1.29 is 0 Å². The van der Waals surface area contributed by atoms with Gasteiger partial charge in [0, 0.05) is 0 Å². The summed E-state index contributed by atoms with van der Waals surface area (Å²) in [6.45, 7) is 2.03. The van der Waals surface area contributed by atoms with Crippen LogP contribution in [0.5, 0.6) is 0 Å². The Labute approximate surface area is 87.4 Å². The van der Waals surface area contributed by atoms with Gasteiger partial charge in [-0.25, -0.2) is 0 Å². The molecule has 1 aromatic heterocycles. The van der Waals surface area contributed by atoms with Gasteiger partial charge in [0.15, 0.2) is 0 Å². The van der Waals surface area contributed by atoms with Crippen molar-refractivity contribution in [1.82, 2.24) is 0 Å². The average Bonchev–Trinajstić information content (AvgIpc) is 2.62. The number of nitrogen functional groups attached to an aromatic ring is 1. The fourth-order valence-electron chi connectivity index (χ4n) is 1.28. The van der Waals surface area contributed by atoms with Crippen LogP contribution in [0, 0.1) is 6.92 Å². The second-order valence-electron chi connectivity index (χ2n) is 3.19. The van der Waals surface area contributed by atoms with Crippen molar-refractivity contribution in [3.63, 3.8) is 0 Å². The molecule has 0 aliphatic carbocycles. The number of nitrogens with one attached hydrogen (secondary N) is 1. The largest absolute Gasteiger partial charge is 0.397 e. The summed E-state index contributed by atoms with van der Waals surface area (Å²) in [6.07, 6.45) is 0. The highest BCUT2D eigenvalue weighted by molar-refractivity contribution is 7.14. The number of nitrogens with two attached hydrogens (primary N) is 1. The third-order valence-electron chi connectivity index (χ3n) is 1.99. The molecule has 3 N–H and O–H groups in total. The van der Waals surface area contributed by atoms with Gasteiger partial charge < -0.3 is 11.1 Å². The summed E-state index contributed by atoms with van der Waals surface area (Å²) in [7, 11) is 0. The third-order valence-corrected chi connectivity index (χ3v) is 2.77. The Morgan fingerprint density at radius 3 is 2.79 bits per heavy atom. The lowest BCUT2D eigenvalue weighted by Crippen LogP contribution is -1.94. The van der Waals surface area contributed by atoms with Crippen LogP contribution in [-0.2, 0) is 0 Å². The van der Waals surface area contributed by atoms with Crippen molar-refractivity contribution in [3.8, 4) is 0 Å². The second kappa shape index (κ2) is 3.72. The van der Waals surface area contributed by atoms with Crippen LogP contribution in [0.4, 0.5) is 16.4 Å². The maximum absolute atomic E-state index is 5.88. The summed E-state index contributed by atoms with van der Waals surface area (Å²) in [4.78, 5) is 0. The molecule has 0 radical (unpaired) electrons. The number of anilines is 3. The standard InChI is InChI=1S/C11H12N2S/c1-8-4-5-10(9(12)7-8)13-11-3-2-6-14-11/h2-7,13H,12H2,1H3. The van der Waals surface area contributed by atoms with Crippen LogP contribution in [-0.4, -0.2) is 0 Å². The zero-order valence-electron chi connectivity index (χ0n) is 7.95. The third kappa shape index (κ3) is 1.88. The molecular weight excluding hydrogens is 192 g/mol. The molecule has 0 fully saturated rings. The van der Waals surface area contributed by atoms with E-state index in [0.29, 0.717) is 0 Å². The first-order chi connectivity index (χ1) is 6.75. The van der Waals surface area contributed by atoms with Gasteiger partial charge in [0.2, 0.25) is 0 Å². The molecule has 2 aromatic rings. The van der Waals surface area contributed by atoms with Crippen molar-refractivity contribution >= 4 is 27.7 Å². The van der Waals surface area contributed by atoms with E-state index in [2.05, 4.69) is 5.32 Å². The van der Waals surface area contributed by atoms with Crippen LogP contribution in [0.15, 0.2) is 35.7 Å². The average molecular weight is 204 g/mol. The zero-order chi connectivity index (χ0) is 9.97. The van der Waals surface area contributed by atoms with Gasteiger partial charge in [0.25, 0.3) is 0 Å². The lowest BCUT2D eigenvalue weighted by Gasteiger charge is -2.07. The molecule has 0 aliphatic rings. The molecule has 0 aliphatic heterocycles. The SMILES string of the molecule is Cc1ccc(Nc2cccs2)c(N)c1. The minimum Gasteiger partial charge on any atom is -0.397 e. The summed E-state index contributed by atoms with van der Waals surface area (Å²) in [6, 6.07) is 10.1. The second-order valence-corrected chi connectivity index (χ2v) is 4.14. The number of rotatable bonds is 2. The van der Waals surface area contributed by atoms with E-state index in [4.69, 9.17) is 5.73 Å². The molecule has 0 atom stereocenters. The number of benzene rings is 1. The topological polar surface area (TPSA) is 38.0 Å². The molecule has 0 saturated carbocycles. The summed E-state index contributed by atoms with van der Waals surface area (Å²) in [5, 5.41) is 6.42. The molecule has 72 valence electrons. The first-order valence-corrected chi connectivity index (χ1v) is 5.30. The first-order valence-electron chi connectivity index (χ1n) is 4.42. The van der Waals surface area contributed by atoms with Crippen molar-refractivity contribution in [2.24, 2.45) is 0 Å². The van der Waals surface area contributed by atoms with E-state index < -0.39 is 0 Å². The van der Waals surface area contributed by atoms with Gasteiger partial charge in [-0.05, 0) is 42.1 Å². The summed E-state index contributed by atoms with van der Waals surface area (Å²) < 4.78 is 0. The van der Waals surface area contributed by atoms with Gasteiger partial charge in [-0.15, -0.1) is 11.3 Å². The number of hydrogen-bond donors (Lipinski definition) is 2. The molecule has 0 bridgehead atoms. The smallest absolute Gasteiger partial charge is 0.0927 e. The number of hydrogen-bond acceptors (Lipinski definition) is 3. The van der Waals surface area contributed by atoms with E-state index in [1.54, 1.807) is 11.3 Å². The Morgan fingerprint density at radius 2 is 2.14 bits per heavy atom. The maximum atomic E-state index is 5.88. The van der Waals surface area contributed by atoms with Crippen molar-refractivity contribution in [2.75, 3.05) is 11.1 Å². The van der Waals surface area contributed by atoms with Crippen LogP contribution in [0.2, 0.25) is 0 Å². The van der Waals surface area contributed by atoms with Gasteiger partial charge >= 0.3 is 0 Å². The van der Waals surface area contributed by atoms with Crippen molar-refractivity contribution in [1.29, 1.82) is 0 Å². The van der Waals surface area contributed by atoms with E-state index in [1.165, 1.54) is 5.56 Å². The lowest BCUT2D eigenvalue weighted by atomic mass is 10.2.